The van der Waals surface area contributed by atoms with E-state index >= 15 is 0 Å². The van der Waals surface area contributed by atoms with E-state index in [1.807, 2.05) is 30.3 Å². The number of halogens is 1. The third-order valence-electron chi connectivity index (χ3n) is 4.70. The summed E-state index contributed by atoms with van der Waals surface area (Å²) in [5.41, 5.74) is 1.18. The molecule has 5 nitrogen and oxygen atoms in total. The lowest BCUT2D eigenvalue weighted by Crippen LogP contribution is -2.16. The van der Waals surface area contributed by atoms with Crippen LogP contribution in [0.1, 0.15) is 30.2 Å². The van der Waals surface area contributed by atoms with Gasteiger partial charge in [-0.15, -0.1) is 0 Å². The van der Waals surface area contributed by atoms with E-state index in [0.717, 1.165) is 10.9 Å². The Balaban J connectivity index is 1.96. The second-order valence-corrected chi connectivity index (χ2v) is 11.9. The monoisotopic (exact) mass is 451 g/mol. The molecule has 0 radical (unpaired) electrons. The van der Waals surface area contributed by atoms with Gasteiger partial charge in [-0.3, -0.25) is 4.98 Å². The lowest BCUT2D eigenvalue weighted by molar-refractivity contribution is 0.564. The van der Waals surface area contributed by atoms with Crippen LogP contribution < -0.4 is 0 Å². The highest BCUT2D eigenvalue weighted by molar-refractivity contribution is 7.91. The van der Waals surface area contributed by atoms with Gasteiger partial charge in [-0.2, -0.15) is 0 Å². The number of hydrogen-bond acceptors (Lipinski definition) is 5. The third-order valence-corrected chi connectivity index (χ3v) is 8.14. The molecule has 0 bridgehead atoms. The van der Waals surface area contributed by atoms with Crippen molar-refractivity contribution < 1.29 is 16.8 Å². The number of rotatable bonds is 8. The normalized spacial score (nSPS) is 13.4. The molecule has 1 heterocycles. The molecule has 154 valence electrons. The Morgan fingerprint density at radius 2 is 1.59 bits per heavy atom. The molecule has 0 saturated heterocycles. The van der Waals surface area contributed by atoms with Crippen molar-refractivity contribution in [3.8, 4) is 0 Å². The summed E-state index contributed by atoms with van der Waals surface area (Å²) in [6.07, 6.45) is 2.32. The molecule has 1 unspecified atom stereocenters. The molecular formula is C21H22ClNO4S2. The van der Waals surface area contributed by atoms with E-state index in [1.54, 1.807) is 18.2 Å². The van der Waals surface area contributed by atoms with Crippen LogP contribution in [-0.4, -0.2) is 33.8 Å². The number of pyridine rings is 1. The van der Waals surface area contributed by atoms with Crippen molar-refractivity contribution in [1.29, 1.82) is 0 Å². The summed E-state index contributed by atoms with van der Waals surface area (Å²) in [7, 11) is -6.81. The van der Waals surface area contributed by atoms with Gasteiger partial charge >= 0.3 is 0 Å². The van der Waals surface area contributed by atoms with Gasteiger partial charge in [0.25, 0.3) is 0 Å². The van der Waals surface area contributed by atoms with Gasteiger partial charge < -0.3 is 0 Å². The van der Waals surface area contributed by atoms with Crippen molar-refractivity contribution in [2.75, 3.05) is 12.0 Å². The first-order valence-corrected chi connectivity index (χ1v) is 13.2. The van der Waals surface area contributed by atoms with Crippen LogP contribution in [-0.2, 0) is 19.7 Å². The number of benzene rings is 2. The zero-order valence-corrected chi connectivity index (χ0v) is 18.3. The number of nitrogens with zero attached hydrogens (tertiary/aromatic N) is 1. The summed E-state index contributed by atoms with van der Waals surface area (Å²) in [5.74, 6) is 0.0336. The van der Waals surface area contributed by atoms with E-state index in [9.17, 15) is 16.8 Å². The molecule has 1 aromatic heterocycles. The fourth-order valence-electron chi connectivity index (χ4n) is 3.21. The van der Waals surface area contributed by atoms with Crippen LogP contribution in [0.3, 0.4) is 0 Å². The number of para-hydroxylation sites is 1. The molecule has 2 aromatic carbocycles. The van der Waals surface area contributed by atoms with Gasteiger partial charge in [-0.1, -0.05) is 42.3 Å². The first kappa shape index (κ1) is 21.7. The quantitative estimate of drug-likeness (QED) is 0.467. The second kappa shape index (κ2) is 8.81. The van der Waals surface area contributed by atoms with Gasteiger partial charge in [0.2, 0.25) is 0 Å². The average molecular weight is 452 g/mol. The van der Waals surface area contributed by atoms with Crippen molar-refractivity contribution in [3.63, 3.8) is 0 Å². The Hall–Kier alpha value is -1.96. The molecule has 0 aliphatic carbocycles. The molecule has 3 rings (SSSR count). The molecule has 1 atom stereocenters. The summed E-state index contributed by atoms with van der Waals surface area (Å²) in [5, 5.41) is 0.515. The highest BCUT2D eigenvalue weighted by Crippen LogP contribution is 2.33. The fraction of sp³-hybridized carbons (Fsp3) is 0.286. The van der Waals surface area contributed by atoms with Gasteiger partial charge in [0.15, 0.2) is 9.84 Å². The Bertz CT molecular complexity index is 1210. The smallest absolute Gasteiger partial charge is 0.186 e. The first-order chi connectivity index (χ1) is 13.7. The van der Waals surface area contributed by atoms with Crippen LogP contribution in [0.25, 0.3) is 10.9 Å². The Kier molecular flexibility index (Phi) is 6.61. The molecule has 3 aromatic rings. The van der Waals surface area contributed by atoms with Crippen LogP contribution >= 0.6 is 11.6 Å². The molecule has 0 amide bonds. The van der Waals surface area contributed by atoms with Crippen LogP contribution in [0.15, 0.2) is 65.6 Å². The predicted molar refractivity (Wildman–Crippen MR) is 117 cm³/mol. The van der Waals surface area contributed by atoms with E-state index in [0.29, 0.717) is 23.6 Å². The Labute approximate surface area is 176 Å². The molecule has 0 aliphatic rings. The molecule has 0 aliphatic heterocycles. The maximum atomic E-state index is 13.4. The van der Waals surface area contributed by atoms with Gasteiger partial charge in [0.05, 0.1) is 16.1 Å². The molecule has 0 saturated carbocycles. The average Bonchev–Trinajstić information content (AvgIpc) is 2.67. The summed E-state index contributed by atoms with van der Waals surface area (Å²) < 4.78 is 49.5. The highest BCUT2D eigenvalue weighted by Gasteiger charge is 2.30. The predicted octanol–water partition coefficient (Wildman–Crippen LogP) is 4.62. The summed E-state index contributed by atoms with van der Waals surface area (Å²) in [6.45, 7) is 0. The van der Waals surface area contributed by atoms with Crippen molar-refractivity contribution in [2.45, 2.75) is 29.4 Å². The molecule has 0 spiro atoms. The SMILES string of the molecule is CS(=O)(=O)CCCCC(c1ccc2ccccc2n1)S(=O)(=O)c1ccc(Cl)cc1. The van der Waals surface area contributed by atoms with Gasteiger partial charge in [0, 0.05) is 22.4 Å². The zero-order chi connectivity index (χ0) is 21.1. The Morgan fingerprint density at radius 3 is 2.28 bits per heavy atom. The zero-order valence-electron chi connectivity index (χ0n) is 16.0. The topological polar surface area (TPSA) is 81.2 Å². The van der Waals surface area contributed by atoms with Crippen molar-refractivity contribution in [3.05, 3.63) is 71.4 Å². The maximum Gasteiger partial charge on any atom is 0.186 e. The van der Waals surface area contributed by atoms with Crippen molar-refractivity contribution >= 4 is 42.2 Å². The highest BCUT2D eigenvalue weighted by atomic mass is 35.5. The van der Waals surface area contributed by atoms with Crippen molar-refractivity contribution in [2.24, 2.45) is 0 Å². The lowest BCUT2D eigenvalue weighted by atomic mass is 10.1. The van der Waals surface area contributed by atoms with Crippen LogP contribution in [0, 0.1) is 0 Å². The molecule has 0 N–H and O–H groups in total. The second-order valence-electron chi connectivity index (χ2n) is 7.04. The Morgan fingerprint density at radius 1 is 0.897 bits per heavy atom. The summed E-state index contributed by atoms with van der Waals surface area (Å²) >= 11 is 5.90. The lowest BCUT2D eigenvalue weighted by Gasteiger charge is -2.18. The van der Waals surface area contributed by atoms with Crippen LogP contribution in [0.2, 0.25) is 5.02 Å². The molecule has 0 fully saturated rings. The minimum Gasteiger partial charge on any atom is -0.251 e. The van der Waals surface area contributed by atoms with Crippen LogP contribution in [0.5, 0.6) is 0 Å². The summed E-state index contributed by atoms with van der Waals surface area (Å²) in [4.78, 5) is 4.76. The van der Waals surface area contributed by atoms with E-state index < -0.39 is 24.9 Å². The number of hydrogen-bond donors (Lipinski definition) is 0. The number of unbranched alkanes of at least 4 members (excludes halogenated alkanes) is 1. The largest absolute Gasteiger partial charge is 0.251 e. The minimum absolute atomic E-state index is 0.0336. The van der Waals surface area contributed by atoms with Gasteiger partial charge in [0.1, 0.15) is 15.1 Å². The fourth-order valence-corrected chi connectivity index (χ4v) is 5.83. The van der Waals surface area contributed by atoms with Gasteiger partial charge in [-0.05, 0) is 49.2 Å². The van der Waals surface area contributed by atoms with Crippen molar-refractivity contribution in [1.82, 2.24) is 4.98 Å². The van der Waals surface area contributed by atoms with E-state index in [2.05, 4.69) is 4.98 Å². The number of fused-ring (bicyclic) bond motifs is 1. The minimum atomic E-state index is -3.73. The van der Waals surface area contributed by atoms with E-state index in [1.165, 1.54) is 18.4 Å². The maximum absolute atomic E-state index is 13.4. The van der Waals surface area contributed by atoms with E-state index in [4.69, 9.17) is 11.6 Å². The van der Waals surface area contributed by atoms with Crippen LogP contribution in [0.4, 0.5) is 0 Å². The molecule has 29 heavy (non-hydrogen) atoms. The third kappa shape index (κ3) is 5.56. The molecule has 8 heteroatoms. The molecular weight excluding hydrogens is 430 g/mol. The standard InChI is InChI=1S/C21H22ClNO4S2/c1-28(24,25)15-5-4-8-21(29(26,27)18-12-10-17(22)11-13-18)20-14-9-16-6-2-3-7-19(16)23-20/h2-3,6-7,9-14,21H,4-5,8,15H2,1H3. The van der Waals surface area contributed by atoms with E-state index in [-0.39, 0.29) is 17.1 Å². The first-order valence-electron chi connectivity index (χ1n) is 9.20. The summed E-state index contributed by atoms with van der Waals surface area (Å²) in [6, 6.07) is 17.2. The van der Waals surface area contributed by atoms with Gasteiger partial charge in [-0.25, -0.2) is 16.8 Å². The number of aromatic nitrogens is 1. The number of sulfone groups is 2.